The molecule has 0 aliphatic heterocycles. The van der Waals surface area contributed by atoms with Crippen molar-refractivity contribution >= 4 is 40.5 Å². The van der Waals surface area contributed by atoms with Crippen LogP contribution < -0.4 is 5.43 Å². The highest BCUT2D eigenvalue weighted by molar-refractivity contribution is 7.98. The molecule has 0 radical (unpaired) electrons. The summed E-state index contributed by atoms with van der Waals surface area (Å²) in [6.45, 7) is 1.72. The fourth-order valence-electron chi connectivity index (χ4n) is 3.80. The van der Waals surface area contributed by atoms with Gasteiger partial charge in [-0.25, -0.2) is 9.78 Å². The van der Waals surface area contributed by atoms with Crippen LogP contribution >= 0.6 is 11.8 Å². The molecule has 0 atom stereocenters. The minimum Gasteiger partial charge on any atom is -0.476 e. The van der Waals surface area contributed by atoms with Gasteiger partial charge in [-0.15, -0.1) is 11.8 Å². The third kappa shape index (κ3) is 5.22. The van der Waals surface area contributed by atoms with Crippen LogP contribution in [0.2, 0.25) is 0 Å². The molecule has 13 heteroatoms. The van der Waals surface area contributed by atoms with Crippen molar-refractivity contribution in [2.45, 2.75) is 11.9 Å². The number of rotatable bonds is 9. The molecule has 12 nitrogen and oxygen atoms in total. The average Bonchev–Trinajstić information content (AvgIpc) is 3.24. The second-order valence-electron chi connectivity index (χ2n) is 7.86. The number of aromatic nitrogens is 2. The van der Waals surface area contributed by atoms with Gasteiger partial charge in [-0.05, 0) is 42.5 Å². The maximum Gasteiger partial charge on any atom is 0.358 e. The van der Waals surface area contributed by atoms with E-state index in [9.17, 15) is 30.1 Å². The normalized spacial score (nSPS) is 11.3. The average molecular weight is 533 g/mol. The first kappa shape index (κ1) is 26.0. The summed E-state index contributed by atoms with van der Waals surface area (Å²) >= 11 is 1.22. The Hall–Kier alpha value is -5.04. The highest BCUT2D eigenvalue weighted by Gasteiger charge is 2.27. The van der Waals surface area contributed by atoms with Crippen LogP contribution in [-0.2, 0) is 4.79 Å². The molecule has 0 spiro atoms. The smallest absolute Gasteiger partial charge is 0.358 e. The van der Waals surface area contributed by atoms with E-state index in [4.69, 9.17) is 0 Å². The van der Waals surface area contributed by atoms with Gasteiger partial charge in [0.2, 0.25) is 0 Å². The van der Waals surface area contributed by atoms with Crippen LogP contribution in [0.15, 0.2) is 82.9 Å². The number of nitro benzene ring substituents is 2. The second kappa shape index (κ2) is 10.9. The Kier molecular flexibility index (Phi) is 7.48. The Morgan fingerprint density at radius 2 is 1.66 bits per heavy atom. The van der Waals surface area contributed by atoms with Crippen LogP contribution in [0.3, 0.4) is 0 Å². The number of imidazole rings is 1. The highest BCUT2D eigenvalue weighted by atomic mass is 32.2. The number of aryl methyl sites for hydroxylation is 1. The molecule has 0 aliphatic rings. The van der Waals surface area contributed by atoms with E-state index in [1.165, 1.54) is 11.8 Å². The maximum atomic E-state index is 12.3. The molecule has 0 unspecified atom stereocenters. The predicted octanol–water partition coefficient (Wildman–Crippen LogP) is 5.29. The van der Waals surface area contributed by atoms with Crippen molar-refractivity contribution < 1.29 is 19.7 Å². The van der Waals surface area contributed by atoms with Crippen LogP contribution in [0.1, 0.15) is 11.5 Å². The number of thioether (sulfide) groups is 1. The number of hydrogen-bond acceptors (Lipinski definition) is 9. The first-order valence-electron chi connectivity index (χ1n) is 11.0. The Labute approximate surface area is 220 Å². The van der Waals surface area contributed by atoms with Gasteiger partial charge in [-0.2, -0.15) is 5.10 Å². The quantitative estimate of drug-likeness (QED) is 0.126. The van der Waals surface area contributed by atoms with Gasteiger partial charge in [-0.3, -0.25) is 30.2 Å². The lowest BCUT2D eigenvalue weighted by atomic mass is 10.1. The molecule has 0 amide bonds. The molecule has 4 rings (SSSR count). The van der Waals surface area contributed by atoms with Gasteiger partial charge in [0.1, 0.15) is 22.2 Å². The molecule has 0 aliphatic carbocycles. The molecular weight excluding hydrogens is 512 g/mol. The number of nitro groups is 2. The molecule has 0 saturated carbocycles. The van der Waals surface area contributed by atoms with Crippen molar-refractivity contribution in [1.29, 1.82) is 0 Å². The number of anilines is 1. The molecule has 2 N–H and O–H groups in total. The number of benzene rings is 3. The van der Waals surface area contributed by atoms with Crippen LogP contribution in [0.25, 0.3) is 16.8 Å². The number of hydrazone groups is 1. The fraction of sp³-hybridized carbons (Fsp3) is 0.0800. The number of hydrogen-bond donors (Lipinski definition) is 2. The molecular formula is C25H20N6O6S. The summed E-state index contributed by atoms with van der Waals surface area (Å²) in [7, 11) is 0. The summed E-state index contributed by atoms with van der Waals surface area (Å²) in [5, 5.41) is 36.9. The molecule has 3 aromatic carbocycles. The summed E-state index contributed by atoms with van der Waals surface area (Å²) in [6, 6.07) is 20.2. The number of non-ortho nitro benzene ring substituents is 1. The second-order valence-corrected chi connectivity index (χ2v) is 8.65. The van der Waals surface area contributed by atoms with E-state index in [1.807, 2.05) is 54.6 Å². The van der Waals surface area contributed by atoms with Gasteiger partial charge in [0.05, 0.1) is 15.9 Å². The van der Waals surface area contributed by atoms with Crippen LogP contribution in [-0.4, -0.2) is 42.4 Å². The Morgan fingerprint density at radius 1 is 1.00 bits per heavy atom. The lowest BCUT2D eigenvalue weighted by molar-refractivity contribution is -0.393. The van der Waals surface area contributed by atoms with Gasteiger partial charge >= 0.3 is 11.7 Å². The molecule has 1 heterocycles. The molecule has 0 bridgehead atoms. The number of aliphatic carboxylic acids is 1. The Balaban J connectivity index is 1.79. The van der Waals surface area contributed by atoms with E-state index < -0.39 is 32.9 Å². The molecule has 192 valence electrons. The molecule has 1 aromatic heterocycles. The molecule has 4 aromatic rings. The van der Waals surface area contributed by atoms with Gasteiger partial charge in [0.25, 0.3) is 5.69 Å². The zero-order chi connectivity index (χ0) is 27.4. The lowest BCUT2D eigenvalue weighted by Gasteiger charge is -2.12. The van der Waals surface area contributed by atoms with E-state index >= 15 is 0 Å². The third-order valence-electron chi connectivity index (χ3n) is 5.54. The standard InChI is InChI=1S/C25H20N6O6S/c1-15-26-24(38-2)23(29(15)18-10-8-17(9-11-18)16-6-4-3-5-7-16)22(25(32)33)28-27-20-13-12-19(30(34)35)14-21(20)31(36)37/h3-14,27H,1-2H3,(H,32,33). The van der Waals surface area contributed by atoms with Crippen molar-refractivity contribution in [1.82, 2.24) is 9.55 Å². The summed E-state index contributed by atoms with van der Waals surface area (Å²) < 4.78 is 1.64. The van der Waals surface area contributed by atoms with E-state index in [0.29, 0.717) is 16.5 Å². The van der Waals surface area contributed by atoms with Crippen LogP contribution in [0, 0.1) is 27.2 Å². The minimum absolute atomic E-state index is 0.173. The van der Waals surface area contributed by atoms with Crippen LogP contribution in [0.4, 0.5) is 17.1 Å². The van der Waals surface area contributed by atoms with E-state index in [-0.39, 0.29) is 11.4 Å². The third-order valence-corrected chi connectivity index (χ3v) is 6.21. The number of nitrogens with one attached hydrogen (secondary N) is 1. The van der Waals surface area contributed by atoms with Crippen molar-refractivity contribution in [3.63, 3.8) is 0 Å². The lowest BCUT2D eigenvalue weighted by Crippen LogP contribution is -2.21. The predicted molar refractivity (Wildman–Crippen MR) is 143 cm³/mol. The van der Waals surface area contributed by atoms with E-state index in [0.717, 1.165) is 29.3 Å². The number of carboxylic acid groups (broad SMARTS) is 1. The van der Waals surface area contributed by atoms with Crippen molar-refractivity contribution in [3.05, 3.63) is 105 Å². The van der Waals surface area contributed by atoms with E-state index in [1.54, 1.807) is 17.7 Å². The van der Waals surface area contributed by atoms with Crippen molar-refractivity contribution in [2.75, 3.05) is 11.7 Å². The maximum absolute atomic E-state index is 12.3. The summed E-state index contributed by atoms with van der Waals surface area (Å²) in [5.74, 6) is -0.897. The summed E-state index contributed by atoms with van der Waals surface area (Å²) in [6.07, 6.45) is 1.74. The number of nitrogens with zero attached hydrogens (tertiary/aromatic N) is 5. The SMILES string of the molecule is CSc1nc(C)n(-c2ccc(-c3ccccc3)cc2)c1C(=NNc1ccc([N+](=O)[O-])cc1[N+](=O)[O-])C(=O)O. The van der Waals surface area contributed by atoms with Crippen molar-refractivity contribution in [2.24, 2.45) is 5.10 Å². The van der Waals surface area contributed by atoms with E-state index in [2.05, 4.69) is 15.5 Å². The molecule has 38 heavy (non-hydrogen) atoms. The summed E-state index contributed by atoms with van der Waals surface area (Å²) in [5.41, 5.74) is 3.44. The first-order valence-corrected chi connectivity index (χ1v) is 12.2. The topological polar surface area (TPSA) is 166 Å². The Bertz CT molecular complexity index is 1570. The van der Waals surface area contributed by atoms with Crippen molar-refractivity contribution in [3.8, 4) is 16.8 Å². The minimum atomic E-state index is -1.40. The van der Waals surface area contributed by atoms with Gasteiger partial charge in [0.15, 0.2) is 5.71 Å². The van der Waals surface area contributed by atoms with Crippen LogP contribution in [0.5, 0.6) is 0 Å². The fourth-order valence-corrected chi connectivity index (χ4v) is 4.41. The zero-order valence-corrected chi connectivity index (χ0v) is 20.9. The highest BCUT2D eigenvalue weighted by Crippen LogP contribution is 2.31. The van der Waals surface area contributed by atoms with Gasteiger partial charge < -0.3 is 5.11 Å². The monoisotopic (exact) mass is 532 g/mol. The number of carbonyl (C=O) groups is 1. The van der Waals surface area contributed by atoms with Gasteiger partial charge in [-0.1, -0.05) is 42.5 Å². The van der Waals surface area contributed by atoms with Gasteiger partial charge in [0, 0.05) is 11.8 Å². The number of carboxylic acids is 1. The first-order chi connectivity index (χ1) is 18.2. The molecule has 0 saturated heterocycles. The summed E-state index contributed by atoms with van der Waals surface area (Å²) in [4.78, 5) is 37.7. The Morgan fingerprint density at radius 3 is 2.24 bits per heavy atom. The zero-order valence-electron chi connectivity index (χ0n) is 20.1. The largest absolute Gasteiger partial charge is 0.476 e. The molecule has 0 fully saturated rings.